The Morgan fingerprint density at radius 3 is 2.62 bits per heavy atom. The van der Waals surface area contributed by atoms with E-state index in [0.717, 1.165) is 32.8 Å². The maximum absolute atomic E-state index is 5.91. The molecule has 96 valence electrons. The van der Waals surface area contributed by atoms with Gasteiger partial charge in [0.05, 0.1) is 19.3 Å². The van der Waals surface area contributed by atoms with Crippen molar-refractivity contribution in [1.29, 1.82) is 0 Å². The zero-order valence-electron chi connectivity index (χ0n) is 10.8. The zero-order chi connectivity index (χ0) is 11.6. The molecule has 0 aromatic carbocycles. The standard InChI is InChI=1S/C13H27NO2/c1-3-9-15-10-11-16-13-8-6-5-7-12(13)14-4-2/h12-14H,3-11H2,1-2H3. The SMILES string of the molecule is CCCOCCOC1CCCCC1NCC. The van der Waals surface area contributed by atoms with Gasteiger partial charge in [-0.15, -0.1) is 0 Å². The first-order valence-electron chi connectivity index (χ1n) is 6.81. The molecule has 0 aromatic heterocycles. The Labute approximate surface area is 99.9 Å². The van der Waals surface area contributed by atoms with E-state index in [1.165, 1.54) is 25.7 Å². The minimum absolute atomic E-state index is 0.402. The molecule has 0 heterocycles. The van der Waals surface area contributed by atoms with Gasteiger partial charge in [-0.2, -0.15) is 0 Å². The molecular weight excluding hydrogens is 202 g/mol. The molecule has 0 spiro atoms. The van der Waals surface area contributed by atoms with Crippen molar-refractivity contribution in [2.45, 2.75) is 58.1 Å². The van der Waals surface area contributed by atoms with Crippen molar-refractivity contribution in [1.82, 2.24) is 5.32 Å². The minimum Gasteiger partial charge on any atom is -0.379 e. The topological polar surface area (TPSA) is 30.5 Å². The third-order valence-electron chi connectivity index (χ3n) is 3.08. The lowest BCUT2D eigenvalue weighted by Gasteiger charge is -2.32. The van der Waals surface area contributed by atoms with Crippen LogP contribution in [0.25, 0.3) is 0 Å². The van der Waals surface area contributed by atoms with Gasteiger partial charge in [-0.05, 0) is 25.8 Å². The second-order valence-corrected chi connectivity index (χ2v) is 4.47. The van der Waals surface area contributed by atoms with Gasteiger partial charge in [0.1, 0.15) is 0 Å². The average molecular weight is 229 g/mol. The van der Waals surface area contributed by atoms with Gasteiger partial charge < -0.3 is 14.8 Å². The Morgan fingerprint density at radius 2 is 1.88 bits per heavy atom. The number of nitrogens with one attached hydrogen (secondary N) is 1. The molecule has 1 N–H and O–H groups in total. The lowest BCUT2D eigenvalue weighted by molar-refractivity contribution is -0.0251. The molecule has 16 heavy (non-hydrogen) atoms. The number of likely N-dealkylation sites (N-methyl/N-ethyl adjacent to an activating group) is 1. The molecule has 0 bridgehead atoms. The molecule has 1 saturated carbocycles. The van der Waals surface area contributed by atoms with Crippen LogP contribution in [0.4, 0.5) is 0 Å². The van der Waals surface area contributed by atoms with Gasteiger partial charge in [-0.25, -0.2) is 0 Å². The first-order chi connectivity index (χ1) is 7.88. The summed E-state index contributed by atoms with van der Waals surface area (Å²) >= 11 is 0. The van der Waals surface area contributed by atoms with E-state index in [2.05, 4.69) is 19.2 Å². The average Bonchev–Trinajstić information content (AvgIpc) is 2.31. The van der Waals surface area contributed by atoms with Crippen LogP contribution in [0.2, 0.25) is 0 Å². The molecule has 0 amide bonds. The van der Waals surface area contributed by atoms with Crippen LogP contribution in [-0.2, 0) is 9.47 Å². The summed E-state index contributed by atoms with van der Waals surface area (Å²) in [6.07, 6.45) is 6.59. The van der Waals surface area contributed by atoms with Crippen LogP contribution in [0.1, 0.15) is 46.0 Å². The molecule has 2 atom stereocenters. The number of hydrogen-bond donors (Lipinski definition) is 1. The van der Waals surface area contributed by atoms with Gasteiger partial charge >= 0.3 is 0 Å². The largest absolute Gasteiger partial charge is 0.379 e. The molecule has 3 nitrogen and oxygen atoms in total. The van der Waals surface area contributed by atoms with Crippen LogP contribution in [-0.4, -0.2) is 38.5 Å². The second kappa shape index (κ2) is 8.97. The minimum atomic E-state index is 0.402. The van der Waals surface area contributed by atoms with E-state index in [1.54, 1.807) is 0 Å². The Balaban J connectivity index is 2.11. The number of ether oxygens (including phenoxy) is 2. The number of hydrogen-bond acceptors (Lipinski definition) is 3. The molecule has 0 radical (unpaired) electrons. The fraction of sp³-hybridized carbons (Fsp3) is 1.00. The summed E-state index contributed by atoms with van der Waals surface area (Å²) < 4.78 is 11.3. The molecule has 2 unspecified atom stereocenters. The molecule has 0 aromatic rings. The summed E-state index contributed by atoms with van der Waals surface area (Å²) in [6, 6.07) is 0.560. The fourth-order valence-electron chi connectivity index (χ4n) is 2.30. The summed E-state index contributed by atoms with van der Waals surface area (Å²) in [7, 11) is 0. The molecule has 1 fully saturated rings. The predicted octanol–water partition coefficient (Wildman–Crippen LogP) is 2.35. The smallest absolute Gasteiger partial charge is 0.0729 e. The van der Waals surface area contributed by atoms with Crippen molar-refractivity contribution in [2.75, 3.05) is 26.4 Å². The van der Waals surface area contributed by atoms with Crippen molar-refractivity contribution in [2.24, 2.45) is 0 Å². The molecule has 0 aliphatic heterocycles. The van der Waals surface area contributed by atoms with Gasteiger partial charge in [-0.1, -0.05) is 26.7 Å². The van der Waals surface area contributed by atoms with Crippen LogP contribution >= 0.6 is 0 Å². The monoisotopic (exact) mass is 229 g/mol. The molecule has 1 aliphatic carbocycles. The summed E-state index contributed by atoms with van der Waals surface area (Å²) in [5.41, 5.74) is 0. The van der Waals surface area contributed by atoms with E-state index in [1.807, 2.05) is 0 Å². The van der Waals surface area contributed by atoms with Crippen LogP contribution in [0.3, 0.4) is 0 Å². The van der Waals surface area contributed by atoms with E-state index < -0.39 is 0 Å². The van der Waals surface area contributed by atoms with Gasteiger partial charge in [0.15, 0.2) is 0 Å². The normalized spacial score (nSPS) is 25.9. The molecule has 3 heteroatoms. The van der Waals surface area contributed by atoms with Crippen LogP contribution < -0.4 is 5.32 Å². The third kappa shape index (κ3) is 5.28. The lowest BCUT2D eigenvalue weighted by Crippen LogP contribution is -2.43. The van der Waals surface area contributed by atoms with Crippen molar-refractivity contribution in [3.8, 4) is 0 Å². The molecule has 1 rings (SSSR count). The molecular formula is C13H27NO2. The van der Waals surface area contributed by atoms with E-state index in [4.69, 9.17) is 9.47 Å². The van der Waals surface area contributed by atoms with Crippen LogP contribution in [0.15, 0.2) is 0 Å². The highest BCUT2D eigenvalue weighted by Gasteiger charge is 2.24. The highest BCUT2D eigenvalue weighted by atomic mass is 16.5. The quantitative estimate of drug-likeness (QED) is 0.648. The van der Waals surface area contributed by atoms with Gasteiger partial charge in [0.2, 0.25) is 0 Å². The van der Waals surface area contributed by atoms with Crippen molar-refractivity contribution in [3.63, 3.8) is 0 Å². The van der Waals surface area contributed by atoms with E-state index >= 15 is 0 Å². The predicted molar refractivity (Wildman–Crippen MR) is 66.8 cm³/mol. The second-order valence-electron chi connectivity index (χ2n) is 4.47. The summed E-state index contributed by atoms with van der Waals surface area (Å²) in [4.78, 5) is 0. The highest BCUT2D eigenvalue weighted by molar-refractivity contribution is 4.81. The summed E-state index contributed by atoms with van der Waals surface area (Å²) in [5.74, 6) is 0. The first-order valence-corrected chi connectivity index (χ1v) is 6.81. The summed E-state index contributed by atoms with van der Waals surface area (Å²) in [6.45, 7) is 7.66. The molecule has 0 saturated heterocycles. The highest BCUT2D eigenvalue weighted by Crippen LogP contribution is 2.21. The zero-order valence-corrected chi connectivity index (χ0v) is 10.8. The van der Waals surface area contributed by atoms with Crippen molar-refractivity contribution < 1.29 is 9.47 Å². The maximum atomic E-state index is 5.91. The number of rotatable bonds is 8. The summed E-state index contributed by atoms with van der Waals surface area (Å²) in [5, 5.41) is 3.52. The molecule has 1 aliphatic rings. The van der Waals surface area contributed by atoms with Crippen molar-refractivity contribution in [3.05, 3.63) is 0 Å². The maximum Gasteiger partial charge on any atom is 0.0729 e. The first kappa shape index (κ1) is 13.9. The van der Waals surface area contributed by atoms with Gasteiger partial charge in [0, 0.05) is 12.6 Å². The Hall–Kier alpha value is -0.120. The lowest BCUT2D eigenvalue weighted by atomic mass is 9.92. The van der Waals surface area contributed by atoms with E-state index in [9.17, 15) is 0 Å². The van der Waals surface area contributed by atoms with Gasteiger partial charge in [-0.3, -0.25) is 0 Å². The Bertz CT molecular complexity index is 162. The fourth-order valence-corrected chi connectivity index (χ4v) is 2.30. The van der Waals surface area contributed by atoms with E-state index in [0.29, 0.717) is 12.1 Å². The van der Waals surface area contributed by atoms with Gasteiger partial charge in [0.25, 0.3) is 0 Å². The van der Waals surface area contributed by atoms with Crippen molar-refractivity contribution >= 4 is 0 Å². The third-order valence-corrected chi connectivity index (χ3v) is 3.08. The Morgan fingerprint density at radius 1 is 1.06 bits per heavy atom. The van der Waals surface area contributed by atoms with Crippen LogP contribution in [0, 0.1) is 0 Å². The van der Waals surface area contributed by atoms with E-state index in [-0.39, 0.29) is 0 Å². The van der Waals surface area contributed by atoms with Crippen LogP contribution in [0.5, 0.6) is 0 Å². The Kier molecular flexibility index (Phi) is 7.81.